The summed E-state index contributed by atoms with van der Waals surface area (Å²) in [6.07, 6.45) is -0.197. The smallest absolute Gasteiger partial charge is 0.341 e. The van der Waals surface area contributed by atoms with E-state index in [1.807, 2.05) is 0 Å². The van der Waals surface area contributed by atoms with Crippen molar-refractivity contribution >= 4 is 5.97 Å². The molecule has 0 aliphatic rings. The third-order valence-corrected chi connectivity index (χ3v) is 4.63. The van der Waals surface area contributed by atoms with E-state index in [-0.39, 0.29) is 29.7 Å². The summed E-state index contributed by atoms with van der Waals surface area (Å²) < 4.78 is 61.7. The molecular weight excluding hydrogens is 400 g/mol. The molecule has 3 rings (SSSR count). The van der Waals surface area contributed by atoms with Gasteiger partial charge in [-0.1, -0.05) is 12.1 Å². The molecule has 30 heavy (non-hydrogen) atoms. The zero-order valence-electron chi connectivity index (χ0n) is 16.0. The molecule has 7 heteroatoms. The first-order valence-electron chi connectivity index (χ1n) is 9.12. The fourth-order valence-electron chi connectivity index (χ4n) is 3.18. The summed E-state index contributed by atoms with van der Waals surface area (Å²) in [6, 6.07) is 10.9. The summed E-state index contributed by atoms with van der Waals surface area (Å²) in [5.74, 6) is -4.48. The van der Waals surface area contributed by atoms with Gasteiger partial charge in [-0.2, -0.15) is 0 Å². The number of aliphatic carboxylic acids is 1. The molecule has 1 N–H and O–H groups in total. The van der Waals surface area contributed by atoms with Crippen LogP contribution >= 0.6 is 0 Å². The average Bonchev–Trinajstić information content (AvgIpc) is 2.70. The van der Waals surface area contributed by atoms with Gasteiger partial charge in [-0.15, -0.1) is 0 Å². The molecule has 3 aromatic rings. The van der Waals surface area contributed by atoms with Crippen molar-refractivity contribution in [3.8, 4) is 16.9 Å². The third kappa shape index (κ3) is 4.79. The SMILES string of the molecule is Cc1cc(-c2cccc(F)c2)cc(CCc2c(F)ccc(OCC(=O)O)c2F)c1F. The highest BCUT2D eigenvalue weighted by molar-refractivity contribution is 5.68. The summed E-state index contributed by atoms with van der Waals surface area (Å²) in [5.41, 5.74) is 1.37. The molecule has 0 saturated heterocycles. The summed E-state index contributed by atoms with van der Waals surface area (Å²) in [6.45, 7) is 0.786. The van der Waals surface area contributed by atoms with E-state index in [1.165, 1.54) is 24.3 Å². The van der Waals surface area contributed by atoms with E-state index in [0.29, 0.717) is 16.7 Å². The van der Waals surface area contributed by atoms with Crippen LogP contribution in [0, 0.1) is 30.2 Å². The summed E-state index contributed by atoms with van der Waals surface area (Å²) in [7, 11) is 0. The molecular formula is C23H18F4O3. The van der Waals surface area contributed by atoms with Crippen LogP contribution in [0.2, 0.25) is 0 Å². The van der Waals surface area contributed by atoms with Crippen LogP contribution in [0.4, 0.5) is 17.6 Å². The number of aryl methyl sites for hydroxylation is 2. The quantitative estimate of drug-likeness (QED) is 0.518. The minimum absolute atomic E-state index is 0.0218. The van der Waals surface area contributed by atoms with E-state index in [2.05, 4.69) is 0 Å². The van der Waals surface area contributed by atoms with Crippen molar-refractivity contribution in [1.29, 1.82) is 0 Å². The van der Waals surface area contributed by atoms with Crippen LogP contribution in [-0.4, -0.2) is 17.7 Å². The van der Waals surface area contributed by atoms with Crippen LogP contribution in [-0.2, 0) is 17.6 Å². The van der Waals surface area contributed by atoms with Gasteiger partial charge in [-0.3, -0.25) is 0 Å². The fraction of sp³-hybridized carbons (Fsp3) is 0.174. The van der Waals surface area contributed by atoms with Crippen molar-refractivity contribution in [3.63, 3.8) is 0 Å². The fourth-order valence-corrected chi connectivity index (χ4v) is 3.18. The first-order chi connectivity index (χ1) is 14.3. The van der Waals surface area contributed by atoms with Crippen molar-refractivity contribution in [1.82, 2.24) is 0 Å². The third-order valence-electron chi connectivity index (χ3n) is 4.63. The minimum Gasteiger partial charge on any atom is -0.479 e. The Morgan fingerprint density at radius 3 is 2.40 bits per heavy atom. The molecule has 0 aliphatic carbocycles. The number of carbonyl (C=O) groups is 1. The standard InChI is InChI=1S/C23H18F4O3/c1-13-9-16(14-3-2-4-17(24)11-14)10-15(22(13)26)5-6-18-19(25)7-8-20(23(18)27)30-12-21(28)29/h2-4,7-11H,5-6,12H2,1H3,(H,28,29). The van der Waals surface area contributed by atoms with Gasteiger partial charge in [0.2, 0.25) is 0 Å². The topological polar surface area (TPSA) is 46.5 Å². The second-order valence-corrected chi connectivity index (χ2v) is 6.80. The Morgan fingerprint density at radius 1 is 0.933 bits per heavy atom. The molecule has 0 aromatic heterocycles. The van der Waals surface area contributed by atoms with Gasteiger partial charge in [0.25, 0.3) is 0 Å². The monoisotopic (exact) mass is 418 g/mol. The zero-order valence-corrected chi connectivity index (χ0v) is 16.0. The van der Waals surface area contributed by atoms with Gasteiger partial charge < -0.3 is 9.84 Å². The molecule has 3 nitrogen and oxygen atoms in total. The number of carboxylic acid groups (broad SMARTS) is 1. The van der Waals surface area contributed by atoms with Gasteiger partial charge in [0.15, 0.2) is 18.2 Å². The molecule has 0 aliphatic heterocycles. The molecule has 3 aromatic carbocycles. The number of benzene rings is 3. The van der Waals surface area contributed by atoms with Gasteiger partial charge in [0.05, 0.1) is 0 Å². The largest absolute Gasteiger partial charge is 0.479 e. The van der Waals surface area contributed by atoms with E-state index in [4.69, 9.17) is 9.84 Å². The van der Waals surface area contributed by atoms with Crippen LogP contribution in [0.5, 0.6) is 5.75 Å². The van der Waals surface area contributed by atoms with Crippen LogP contribution in [0.3, 0.4) is 0 Å². The van der Waals surface area contributed by atoms with Gasteiger partial charge >= 0.3 is 5.97 Å². The Labute approximate surface area is 170 Å². The second-order valence-electron chi connectivity index (χ2n) is 6.80. The van der Waals surface area contributed by atoms with E-state index in [0.717, 1.165) is 12.1 Å². The Bertz CT molecular complexity index is 1100. The Morgan fingerprint density at radius 2 is 1.70 bits per heavy atom. The van der Waals surface area contributed by atoms with Crippen molar-refractivity contribution in [2.75, 3.05) is 6.61 Å². The van der Waals surface area contributed by atoms with Crippen molar-refractivity contribution in [2.45, 2.75) is 19.8 Å². The Hall–Kier alpha value is -3.35. The predicted octanol–water partition coefficient (Wildman–Crippen LogP) is 5.47. The van der Waals surface area contributed by atoms with Crippen molar-refractivity contribution in [3.05, 3.63) is 88.5 Å². The number of hydrogen-bond acceptors (Lipinski definition) is 2. The first-order valence-corrected chi connectivity index (χ1v) is 9.12. The molecule has 0 fully saturated rings. The lowest BCUT2D eigenvalue weighted by atomic mass is 9.96. The molecule has 156 valence electrons. The lowest BCUT2D eigenvalue weighted by Crippen LogP contribution is -2.11. The molecule has 0 spiro atoms. The maximum atomic E-state index is 14.6. The zero-order chi connectivity index (χ0) is 21.8. The highest BCUT2D eigenvalue weighted by Gasteiger charge is 2.17. The summed E-state index contributed by atoms with van der Waals surface area (Å²) in [4.78, 5) is 10.6. The highest BCUT2D eigenvalue weighted by atomic mass is 19.1. The molecule has 0 bridgehead atoms. The van der Waals surface area contributed by atoms with E-state index >= 15 is 0 Å². The lowest BCUT2D eigenvalue weighted by molar-refractivity contribution is -0.139. The van der Waals surface area contributed by atoms with E-state index < -0.39 is 35.8 Å². The predicted molar refractivity (Wildman–Crippen MR) is 103 cm³/mol. The van der Waals surface area contributed by atoms with E-state index in [1.54, 1.807) is 19.1 Å². The molecule has 0 heterocycles. The maximum absolute atomic E-state index is 14.6. The number of carboxylic acids is 1. The highest BCUT2D eigenvalue weighted by Crippen LogP contribution is 2.28. The minimum atomic E-state index is -1.30. The number of hydrogen-bond donors (Lipinski definition) is 1. The molecule has 0 amide bonds. The van der Waals surface area contributed by atoms with Crippen molar-refractivity contribution in [2.24, 2.45) is 0 Å². The van der Waals surface area contributed by atoms with Crippen LogP contribution < -0.4 is 4.74 Å². The lowest BCUT2D eigenvalue weighted by Gasteiger charge is -2.13. The van der Waals surface area contributed by atoms with Gasteiger partial charge in [-0.25, -0.2) is 22.4 Å². The summed E-state index contributed by atoms with van der Waals surface area (Å²) >= 11 is 0. The van der Waals surface area contributed by atoms with E-state index in [9.17, 15) is 22.4 Å². The number of halogens is 4. The second kappa shape index (κ2) is 8.98. The maximum Gasteiger partial charge on any atom is 0.341 e. The van der Waals surface area contributed by atoms with Crippen molar-refractivity contribution < 1.29 is 32.2 Å². The normalized spacial score (nSPS) is 10.8. The van der Waals surface area contributed by atoms with Gasteiger partial charge in [-0.05, 0) is 78.4 Å². The van der Waals surface area contributed by atoms with Gasteiger partial charge in [0.1, 0.15) is 17.5 Å². The number of rotatable bonds is 7. The van der Waals surface area contributed by atoms with Crippen LogP contribution in [0.1, 0.15) is 16.7 Å². The Balaban J connectivity index is 1.89. The average molecular weight is 418 g/mol. The van der Waals surface area contributed by atoms with Crippen LogP contribution in [0.15, 0.2) is 48.5 Å². The van der Waals surface area contributed by atoms with Gasteiger partial charge in [0, 0.05) is 5.56 Å². The van der Waals surface area contributed by atoms with Crippen LogP contribution in [0.25, 0.3) is 11.1 Å². The molecule has 0 saturated carbocycles. The molecule has 0 atom stereocenters. The number of ether oxygens (including phenoxy) is 1. The Kier molecular flexibility index (Phi) is 6.40. The molecule has 0 unspecified atom stereocenters. The first kappa shape index (κ1) is 21.4. The summed E-state index contributed by atoms with van der Waals surface area (Å²) in [5, 5.41) is 8.65. The molecule has 0 radical (unpaired) electrons.